The van der Waals surface area contributed by atoms with E-state index in [9.17, 15) is 18.0 Å². The molecular weight excluding hydrogens is 359 g/mol. The van der Waals surface area contributed by atoms with Gasteiger partial charge < -0.3 is 10.6 Å². The van der Waals surface area contributed by atoms with Gasteiger partial charge in [0.25, 0.3) is 0 Å². The van der Waals surface area contributed by atoms with Crippen LogP contribution in [0.25, 0.3) is 5.69 Å². The number of carbonyl (C=O) groups is 1. The summed E-state index contributed by atoms with van der Waals surface area (Å²) in [7, 11) is 0. The number of hydrogen-bond donors (Lipinski definition) is 2. The predicted molar refractivity (Wildman–Crippen MR) is 94.6 cm³/mol. The molecule has 1 aromatic carbocycles. The maximum Gasteiger partial charge on any atom is 0.405 e. The van der Waals surface area contributed by atoms with Gasteiger partial charge >= 0.3 is 6.18 Å². The second kappa shape index (κ2) is 8.53. The number of alkyl halides is 3. The van der Waals surface area contributed by atoms with Gasteiger partial charge in [-0.05, 0) is 23.8 Å². The third-order valence-corrected chi connectivity index (χ3v) is 4.53. The molecule has 3 rings (SSSR count). The van der Waals surface area contributed by atoms with Crippen LogP contribution >= 0.6 is 0 Å². The van der Waals surface area contributed by atoms with Crippen LogP contribution in [-0.2, 0) is 11.2 Å². The molecule has 9 heteroatoms. The zero-order chi connectivity index (χ0) is 19.3. The van der Waals surface area contributed by atoms with Crippen molar-refractivity contribution in [3.05, 3.63) is 48.3 Å². The number of amides is 1. The summed E-state index contributed by atoms with van der Waals surface area (Å²) >= 11 is 0. The van der Waals surface area contributed by atoms with Gasteiger partial charge in [0, 0.05) is 45.1 Å². The summed E-state index contributed by atoms with van der Waals surface area (Å²) < 4.78 is 41.7. The molecule has 1 atom stereocenters. The molecular formula is C18H22F3N5O. The fraction of sp³-hybridized carbons (Fsp3) is 0.444. The van der Waals surface area contributed by atoms with Gasteiger partial charge in [-0.3, -0.25) is 9.69 Å². The van der Waals surface area contributed by atoms with Gasteiger partial charge in [0.15, 0.2) is 0 Å². The van der Waals surface area contributed by atoms with Crippen molar-refractivity contribution in [2.75, 3.05) is 32.7 Å². The van der Waals surface area contributed by atoms with E-state index in [-0.39, 0.29) is 6.42 Å². The minimum absolute atomic E-state index is 0.0333. The molecule has 1 amide bonds. The van der Waals surface area contributed by atoms with Crippen LogP contribution in [-0.4, -0.2) is 65.5 Å². The van der Waals surface area contributed by atoms with Crippen LogP contribution in [0.15, 0.2) is 42.7 Å². The van der Waals surface area contributed by atoms with E-state index >= 15 is 0 Å². The Morgan fingerprint density at radius 2 is 1.93 bits per heavy atom. The lowest BCUT2D eigenvalue weighted by Gasteiger charge is -2.35. The first-order valence-electron chi connectivity index (χ1n) is 8.80. The van der Waals surface area contributed by atoms with Gasteiger partial charge in [0.2, 0.25) is 5.91 Å². The molecule has 0 radical (unpaired) electrons. The summed E-state index contributed by atoms with van der Waals surface area (Å²) in [5, 5.41) is 9.58. The summed E-state index contributed by atoms with van der Waals surface area (Å²) in [6.07, 6.45) is -0.881. The molecule has 27 heavy (non-hydrogen) atoms. The Morgan fingerprint density at radius 3 is 2.52 bits per heavy atom. The number of rotatable bonds is 6. The SMILES string of the molecule is O=C(Cc1ccc(-n2cccn2)cc1)NCC(N1CCNCC1)C(F)(F)F. The Kier molecular flexibility index (Phi) is 6.12. The van der Waals surface area contributed by atoms with E-state index in [0.717, 1.165) is 11.3 Å². The average Bonchev–Trinajstić information content (AvgIpc) is 3.17. The van der Waals surface area contributed by atoms with E-state index in [1.165, 1.54) is 4.90 Å². The second-order valence-electron chi connectivity index (χ2n) is 6.44. The van der Waals surface area contributed by atoms with Crippen LogP contribution in [0.3, 0.4) is 0 Å². The Balaban J connectivity index is 1.54. The highest BCUT2D eigenvalue weighted by Gasteiger charge is 2.43. The Hall–Kier alpha value is -2.39. The van der Waals surface area contributed by atoms with Crippen molar-refractivity contribution in [3.8, 4) is 5.69 Å². The molecule has 2 aromatic rings. The minimum atomic E-state index is -4.38. The molecule has 6 nitrogen and oxygen atoms in total. The predicted octanol–water partition coefficient (Wildman–Crippen LogP) is 1.37. The molecule has 0 spiro atoms. The number of carbonyl (C=O) groups excluding carboxylic acids is 1. The molecule has 146 valence electrons. The zero-order valence-corrected chi connectivity index (χ0v) is 14.7. The van der Waals surface area contributed by atoms with E-state index in [4.69, 9.17) is 0 Å². The van der Waals surface area contributed by atoms with Crippen LogP contribution in [0.5, 0.6) is 0 Å². The first-order chi connectivity index (χ1) is 12.9. The van der Waals surface area contributed by atoms with Crippen molar-refractivity contribution in [1.82, 2.24) is 25.3 Å². The highest BCUT2D eigenvalue weighted by Crippen LogP contribution is 2.24. The molecule has 1 aromatic heterocycles. The monoisotopic (exact) mass is 381 g/mol. The molecule has 0 aliphatic carbocycles. The molecule has 1 unspecified atom stereocenters. The number of nitrogens with one attached hydrogen (secondary N) is 2. The smallest absolute Gasteiger partial charge is 0.354 e. The minimum Gasteiger partial charge on any atom is -0.354 e. The van der Waals surface area contributed by atoms with Gasteiger partial charge in [-0.2, -0.15) is 18.3 Å². The number of hydrogen-bond acceptors (Lipinski definition) is 4. The molecule has 2 heterocycles. The number of nitrogens with zero attached hydrogens (tertiary/aromatic N) is 3. The van der Waals surface area contributed by atoms with E-state index in [2.05, 4.69) is 15.7 Å². The highest BCUT2D eigenvalue weighted by atomic mass is 19.4. The van der Waals surface area contributed by atoms with Crippen molar-refractivity contribution >= 4 is 5.91 Å². The van der Waals surface area contributed by atoms with Crippen LogP contribution in [0, 0.1) is 0 Å². The molecule has 1 aliphatic heterocycles. The molecule has 1 aliphatic rings. The van der Waals surface area contributed by atoms with Gasteiger partial charge in [-0.15, -0.1) is 0 Å². The average molecular weight is 381 g/mol. The molecule has 1 saturated heterocycles. The lowest BCUT2D eigenvalue weighted by molar-refractivity contribution is -0.184. The standard InChI is InChI=1S/C18H22F3N5O/c19-18(20,21)16(25-10-7-22-8-11-25)13-23-17(27)12-14-2-4-15(5-3-14)26-9-1-6-24-26/h1-6,9,16,22H,7-8,10-13H2,(H,23,27). The van der Waals surface area contributed by atoms with Crippen LogP contribution < -0.4 is 10.6 Å². The Bertz CT molecular complexity index is 724. The summed E-state index contributed by atoms with van der Waals surface area (Å²) in [6.45, 7) is 1.23. The topological polar surface area (TPSA) is 62.2 Å². The maximum absolute atomic E-state index is 13.3. The summed E-state index contributed by atoms with van der Waals surface area (Å²) in [5.41, 5.74) is 1.58. The molecule has 0 saturated carbocycles. The Morgan fingerprint density at radius 1 is 1.22 bits per heavy atom. The lowest BCUT2D eigenvalue weighted by atomic mass is 10.1. The van der Waals surface area contributed by atoms with E-state index in [0.29, 0.717) is 26.2 Å². The largest absolute Gasteiger partial charge is 0.405 e. The van der Waals surface area contributed by atoms with Crippen LogP contribution in [0.2, 0.25) is 0 Å². The van der Waals surface area contributed by atoms with Crippen molar-refractivity contribution in [2.45, 2.75) is 18.6 Å². The number of benzene rings is 1. The van der Waals surface area contributed by atoms with Crippen molar-refractivity contribution in [1.29, 1.82) is 0 Å². The molecule has 1 fully saturated rings. The van der Waals surface area contributed by atoms with Gasteiger partial charge in [-0.25, -0.2) is 4.68 Å². The zero-order valence-electron chi connectivity index (χ0n) is 14.7. The highest BCUT2D eigenvalue weighted by molar-refractivity contribution is 5.78. The summed E-state index contributed by atoms with van der Waals surface area (Å²) in [4.78, 5) is 13.5. The van der Waals surface area contributed by atoms with Crippen molar-refractivity contribution in [3.63, 3.8) is 0 Å². The Labute approximate surface area is 155 Å². The van der Waals surface area contributed by atoms with Crippen LogP contribution in [0.1, 0.15) is 5.56 Å². The van der Waals surface area contributed by atoms with E-state index in [1.54, 1.807) is 35.3 Å². The van der Waals surface area contributed by atoms with Crippen LogP contribution in [0.4, 0.5) is 13.2 Å². The summed E-state index contributed by atoms with van der Waals surface area (Å²) in [5.74, 6) is -0.425. The maximum atomic E-state index is 13.3. The summed E-state index contributed by atoms with van der Waals surface area (Å²) in [6, 6.07) is 7.31. The van der Waals surface area contributed by atoms with Gasteiger partial charge in [0.05, 0.1) is 12.1 Å². The number of halogens is 3. The second-order valence-corrected chi connectivity index (χ2v) is 6.44. The normalized spacial score (nSPS) is 16.9. The lowest BCUT2D eigenvalue weighted by Crippen LogP contribution is -2.57. The van der Waals surface area contributed by atoms with Gasteiger partial charge in [0.1, 0.15) is 6.04 Å². The molecule has 2 N–H and O–H groups in total. The number of aromatic nitrogens is 2. The first-order valence-corrected chi connectivity index (χ1v) is 8.80. The van der Waals surface area contributed by atoms with E-state index in [1.807, 2.05) is 12.1 Å². The van der Waals surface area contributed by atoms with Crippen molar-refractivity contribution < 1.29 is 18.0 Å². The third-order valence-electron chi connectivity index (χ3n) is 4.53. The fourth-order valence-electron chi connectivity index (χ4n) is 3.09. The van der Waals surface area contributed by atoms with E-state index < -0.39 is 24.7 Å². The van der Waals surface area contributed by atoms with Gasteiger partial charge in [-0.1, -0.05) is 12.1 Å². The molecule has 0 bridgehead atoms. The number of piperazine rings is 1. The quantitative estimate of drug-likeness (QED) is 0.794. The fourth-order valence-corrected chi connectivity index (χ4v) is 3.09. The first kappa shape index (κ1) is 19.4. The third kappa shape index (κ3) is 5.30. The van der Waals surface area contributed by atoms with Crippen molar-refractivity contribution in [2.24, 2.45) is 0 Å².